The first-order valence-electron chi connectivity index (χ1n) is 5.84. The molecule has 1 N–H and O–H groups in total. The van der Waals surface area contributed by atoms with Gasteiger partial charge in [0.15, 0.2) is 14.9 Å². The molecule has 0 bridgehead atoms. The molecule has 94 valence electrons. The van der Waals surface area contributed by atoms with Crippen molar-refractivity contribution < 1.29 is 8.42 Å². The first-order chi connectivity index (χ1) is 8.08. The standard InChI is InChI=1S/C11H17N3O2S/c1-9-5-6-11(14-13-9)17(15,16)8-10-4-2-3-7-12-10/h5-6,10,12H,2-4,7-8H2,1H3/t10-/m0/s1. The Kier molecular flexibility index (Phi) is 3.73. The average Bonchev–Trinajstić information content (AvgIpc) is 2.30. The molecule has 0 unspecified atom stereocenters. The number of hydrogen-bond acceptors (Lipinski definition) is 5. The van der Waals surface area contributed by atoms with Gasteiger partial charge in [0.25, 0.3) is 0 Å². The van der Waals surface area contributed by atoms with Crippen LogP contribution >= 0.6 is 0 Å². The number of aromatic nitrogens is 2. The van der Waals surface area contributed by atoms with Crippen molar-refractivity contribution in [1.29, 1.82) is 0 Å². The highest BCUT2D eigenvalue weighted by Crippen LogP contribution is 2.13. The van der Waals surface area contributed by atoms with Crippen LogP contribution in [0.15, 0.2) is 17.2 Å². The number of aryl methyl sites for hydroxylation is 1. The van der Waals surface area contributed by atoms with Gasteiger partial charge in [-0.15, -0.1) is 5.10 Å². The summed E-state index contributed by atoms with van der Waals surface area (Å²) < 4.78 is 24.1. The maximum absolute atomic E-state index is 12.1. The van der Waals surface area contributed by atoms with E-state index in [0.29, 0.717) is 0 Å². The lowest BCUT2D eigenvalue weighted by molar-refractivity contribution is 0.423. The SMILES string of the molecule is Cc1ccc(S(=O)(=O)C[C@@H]2CCCCN2)nn1. The minimum atomic E-state index is -3.31. The smallest absolute Gasteiger partial charge is 0.198 e. The number of rotatable bonds is 3. The number of nitrogens with one attached hydrogen (secondary N) is 1. The molecule has 1 aliphatic rings. The van der Waals surface area contributed by atoms with E-state index in [4.69, 9.17) is 0 Å². The molecular weight excluding hydrogens is 238 g/mol. The van der Waals surface area contributed by atoms with Gasteiger partial charge in [0.05, 0.1) is 11.4 Å². The van der Waals surface area contributed by atoms with Crippen LogP contribution in [0.4, 0.5) is 0 Å². The third-order valence-corrected chi connectivity index (χ3v) is 4.62. The van der Waals surface area contributed by atoms with Gasteiger partial charge in [0.1, 0.15) is 0 Å². The fourth-order valence-electron chi connectivity index (χ4n) is 1.97. The van der Waals surface area contributed by atoms with Crippen LogP contribution in [-0.2, 0) is 9.84 Å². The summed E-state index contributed by atoms with van der Waals surface area (Å²) >= 11 is 0. The first-order valence-corrected chi connectivity index (χ1v) is 7.50. The van der Waals surface area contributed by atoms with Gasteiger partial charge in [-0.25, -0.2) is 8.42 Å². The largest absolute Gasteiger partial charge is 0.313 e. The van der Waals surface area contributed by atoms with Crippen molar-refractivity contribution in [3.8, 4) is 0 Å². The van der Waals surface area contributed by atoms with Gasteiger partial charge in [0, 0.05) is 6.04 Å². The molecule has 0 amide bonds. The van der Waals surface area contributed by atoms with Crippen LogP contribution in [0.2, 0.25) is 0 Å². The second-order valence-corrected chi connectivity index (χ2v) is 6.42. The Balaban J connectivity index is 2.10. The molecule has 0 aromatic carbocycles. The lowest BCUT2D eigenvalue weighted by Gasteiger charge is -2.22. The number of hydrogen-bond donors (Lipinski definition) is 1. The number of piperidine rings is 1. The zero-order chi connectivity index (χ0) is 12.3. The van der Waals surface area contributed by atoms with E-state index in [0.717, 1.165) is 31.5 Å². The first kappa shape index (κ1) is 12.4. The van der Waals surface area contributed by atoms with Gasteiger partial charge < -0.3 is 5.32 Å². The van der Waals surface area contributed by atoms with Crippen LogP contribution in [0.5, 0.6) is 0 Å². The van der Waals surface area contributed by atoms with E-state index in [-0.39, 0.29) is 16.8 Å². The monoisotopic (exact) mass is 255 g/mol. The molecule has 2 heterocycles. The lowest BCUT2D eigenvalue weighted by Crippen LogP contribution is -2.39. The molecule has 6 heteroatoms. The van der Waals surface area contributed by atoms with Crippen molar-refractivity contribution in [2.24, 2.45) is 0 Å². The minimum Gasteiger partial charge on any atom is -0.313 e. The molecule has 0 saturated carbocycles. The highest BCUT2D eigenvalue weighted by molar-refractivity contribution is 7.91. The van der Waals surface area contributed by atoms with Gasteiger partial charge in [-0.2, -0.15) is 5.10 Å². The van der Waals surface area contributed by atoms with E-state index in [9.17, 15) is 8.42 Å². The predicted octanol–water partition coefficient (Wildman–Crippen LogP) is 0.701. The molecule has 1 saturated heterocycles. The van der Waals surface area contributed by atoms with E-state index in [1.165, 1.54) is 6.07 Å². The summed E-state index contributed by atoms with van der Waals surface area (Å²) in [5.41, 5.74) is 0.722. The van der Waals surface area contributed by atoms with E-state index >= 15 is 0 Å². The molecule has 2 rings (SSSR count). The topological polar surface area (TPSA) is 72.0 Å². The molecule has 0 radical (unpaired) electrons. The van der Waals surface area contributed by atoms with E-state index < -0.39 is 9.84 Å². The summed E-state index contributed by atoms with van der Waals surface area (Å²) in [6.45, 7) is 2.69. The summed E-state index contributed by atoms with van der Waals surface area (Å²) in [6, 6.07) is 3.26. The van der Waals surface area contributed by atoms with Gasteiger partial charge in [-0.1, -0.05) is 6.42 Å². The third-order valence-electron chi connectivity index (χ3n) is 2.93. The van der Waals surface area contributed by atoms with Crippen molar-refractivity contribution in [3.05, 3.63) is 17.8 Å². The molecule has 1 atom stereocenters. The van der Waals surface area contributed by atoms with Crippen LogP contribution in [-0.4, -0.2) is 37.0 Å². The Morgan fingerprint density at radius 3 is 2.76 bits per heavy atom. The van der Waals surface area contributed by atoms with Crippen molar-refractivity contribution >= 4 is 9.84 Å². The summed E-state index contributed by atoms with van der Waals surface area (Å²) in [4.78, 5) is 0. The second kappa shape index (κ2) is 5.10. The van der Waals surface area contributed by atoms with Crippen molar-refractivity contribution in [2.75, 3.05) is 12.3 Å². The molecule has 1 fully saturated rings. The summed E-state index contributed by atoms with van der Waals surface area (Å²) in [6.07, 6.45) is 3.13. The molecule has 0 spiro atoms. The molecule has 1 aromatic heterocycles. The summed E-state index contributed by atoms with van der Waals surface area (Å²) in [5.74, 6) is 0.116. The fourth-order valence-corrected chi connectivity index (χ4v) is 3.39. The van der Waals surface area contributed by atoms with E-state index in [1.807, 2.05) is 0 Å². The zero-order valence-corrected chi connectivity index (χ0v) is 10.7. The quantitative estimate of drug-likeness (QED) is 0.861. The number of nitrogens with zero attached hydrogens (tertiary/aromatic N) is 2. The maximum Gasteiger partial charge on any atom is 0.198 e. The van der Waals surface area contributed by atoms with Crippen LogP contribution in [0.25, 0.3) is 0 Å². The van der Waals surface area contributed by atoms with Gasteiger partial charge >= 0.3 is 0 Å². The molecular formula is C11H17N3O2S. The summed E-state index contributed by atoms with van der Waals surface area (Å²) in [5, 5.41) is 10.8. The zero-order valence-electron chi connectivity index (χ0n) is 9.89. The molecule has 5 nitrogen and oxygen atoms in total. The Morgan fingerprint density at radius 1 is 1.35 bits per heavy atom. The summed E-state index contributed by atoms with van der Waals surface area (Å²) in [7, 11) is -3.31. The van der Waals surface area contributed by atoms with Crippen molar-refractivity contribution in [1.82, 2.24) is 15.5 Å². The number of sulfone groups is 1. The Hall–Kier alpha value is -1.01. The maximum atomic E-state index is 12.1. The molecule has 1 aromatic rings. The van der Waals surface area contributed by atoms with Gasteiger partial charge in [0.2, 0.25) is 0 Å². The lowest BCUT2D eigenvalue weighted by atomic mass is 10.1. The normalized spacial score (nSPS) is 21.4. The highest BCUT2D eigenvalue weighted by atomic mass is 32.2. The molecule has 0 aliphatic carbocycles. The average molecular weight is 255 g/mol. The van der Waals surface area contributed by atoms with E-state index in [1.54, 1.807) is 13.0 Å². The van der Waals surface area contributed by atoms with Crippen molar-refractivity contribution in [2.45, 2.75) is 37.3 Å². The van der Waals surface area contributed by atoms with Crippen LogP contribution in [0.3, 0.4) is 0 Å². The molecule has 17 heavy (non-hydrogen) atoms. The van der Waals surface area contributed by atoms with Gasteiger partial charge in [-0.05, 0) is 38.4 Å². The van der Waals surface area contributed by atoms with Crippen LogP contribution in [0, 0.1) is 6.92 Å². The predicted molar refractivity (Wildman–Crippen MR) is 64.5 cm³/mol. The third kappa shape index (κ3) is 3.23. The Labute approximate surface area is 102 Å². The highest BCUT2D eigenvalue weighted by Gasteiger charge is 2.23. The van der Waals surface area contributed by atoms with Crippen LogP contribution in [0.1, 0.15) is 25.0 Å². The molecule has 1 aliphatic heterocycles. The fraction of sp³-hybridized carbons (Fsp3) is 0.636. The Bertz CT molecular complexity index is 464. The van der Waals surface area contributed by atoms with Crippen LogP contribution < -0.4 is 5.32 Å². The van der Waals surface area contributed by atoms with E-state index in [2.05, 4.69) is 15.5 Å². The van der Waals surface area contributed by atoms with Crippen molar-refractivity contribution in [3.63, 3.8) is 0 Å². The van der Waals surface area contributed by atoms with Gasteiger partial charge in [-0.3, -0.25) is 0 Å². The minimum absolute atomic E-state index is 0.0526. The second-order valence-electron chi connectivity index (χ2n) is 4.44. The Morgan fingerprint density at radius 2 is 2.18 bits per heavy atom.